The third-order valence-electron chi connectivity index (χ3n) is 6.41. The second kappa shape index (κ2) is 13.6. The van der Waals surface area contributed by atoms with E-state index in [-0.39, 0.29) is 30.6 Å². The van der Waals surface area contributed by atoms with Crippen molar-refractivity contribution in [2.75, 3.05) is 16.4 Å². The van der Waals surface area contributed by atoms with Crippen molar-refractivity contribution in [1.29, 1.82) is 0 Å². The van der Waals surface area contributed by atoms with Crippen LogP contribution in [0.4, 0.5) is 11.4 Å². The summed E-state index contributed by atoms with van der Waals surface area (Å²) in [6.45, 7) is 3.54. The van der Waals surface area contributed by atoms with Crippen molar-refractivity contribution in [2.24, 2.45) is 5.92 Å². The molecule has 1 heterocycles. The van der Waals surface area contributed by atoms with E-state index in [0.29, 0.717) is 11.4 Å². The molecule has 0 aromatic heterocycles. The standard InChI is InChI=1S/C29H29Cl3N2O5S/c1-17-25(16-40-24-13-11-22(12-14-24)33-18(2)36)38-27(39-26(17)20-5-3-19(15-35)4-6-20)21-7-9-23(10-8-21)34-28(37)29(30,31)32/h3-14,17,25-27,35H,15-16H2,1-2H3,(H,33,36)(H,34,37). The van der Waals surface area contributed by atoms with Crippen LogP contribution in [0, 0.1) is 5.92 Å². The highest BCUT2D eigenvalue weighted by Gasteiger charge is 2.38. The van der Waals surface area contributed by atoms with Crippen LogP contribution in [0.25, 0.3) is 0 Å². The molecule has 4 rings (SSSR count). The van der Waals surface area contributed by atoms with Gasteiger partial charge in [0.05, 0.1) is 18.8 Å². The lowest BCUT2D eigenvalue weighted by atomic mass is 9.91. The van der Waals surface area contributed by atoms with Gasteiger partial charge in [0.2, 0.25) is 5.91 Å². The number of halogens is 3. The molecule has 0 spiro atoms. The number of thioether (sulfide) groups is 1. The molecule has 40 heavy (non-hydrogen) atoms. The Kier molecular flexibility index (Phi) is 10.4. The number of carbonyl (C=O) groups excluding carboxylic acids is 2. The molecule has 1 saturated heterocycles. The maximum absolute atomic E-state index is 12.0. The van der Waals surface area contributed by atoms with Crippen LogP contribution < -0.4 is 10.6 Å². The summed E-state index contributed by atoms with van der Waals surface area (Å²) in [5.74, 6) is -0.180. The first kappa shape index (κ1) is 30.7. The summed E-state index contributed by atoms with van der Waals surface area (Å²) in [7, 11) is 0. The molecule has 2 amide bonds. The Labute approximate surface area is 252 Å². The number of hydrogen-bond acceptors (Lipinski definition) is 6. The number of aliphatic hydroxyl groups excluding tert-OH is 1. The third kappa shape index (κ3) is 8.13. The van der Waals surface area contributed by atoms with E-state index in [1.165, 1.54) is 6.92 Å². The Morgan fingerprint density at radius 3 is 2.02 bits per heavy atom. The molecular formula is C29H29Cl3N2O5S. The van der Waals surface area contributed by atoms with Gasteiger partial charge in [-0.1, -0.05) is 78.1 Å². The largest absolute Gasteiger partial charge is 0.392 e. The predicted octanol–water partition coefficient (Wildman–Crippen LogP) is 7.03. The lowest BCUT2D eigenvalue weighted by Gasteiger charge is -2.41. The second-order valence-electron chi connectivity index (χ2n) is 9.41. The van der Waals surface area contributed by atoms with E-state index >= 15 is 0 Å². The molecular weight excluding hydrogens is 595 g/mol. The van der Waals surface area contributed by atoms with Gasteiger partial charge in [0.15, 0.2) is 6.29 Å². The number of benzene rings is 3. The molecule has 0 aliphatic carbocycles. The fourth-order valence-electron chi connectivity index (χ4n) is 4.25. The maximum atomic E-state index is 12.0. The second-order valence-corrected chi connectivity index (χ2v) is 12.8. The average Bonchev–Trinajstić information content (AvgIpc) is 2.93. The highest BCUT2D eigenvalue weighted by molar-refractivity contribution is 7.99. The fourth-order valence-corrected chi connectivity index (χ4v) is 5.46. The molecule has 3 N–H and O–H groups in total. The predicted molar refractivity (Wildman–Crippen MR) is 160 cm³/mol. The zero-order chi connectivity index (χ0) is 28.9. The van der Waals surface area contributed by atoms with Gasteiger partial charge in [-0.25, -0.2) is 0 Å². The van der Waals surface area contributed by atoms with Gasteiger partial charge in [-0.15, -0.1) is 11.8 Å². The minimum Gasteiger partial charge on any atom is -0.392 e. The Morgan fingerprint density at radius 2 is 1.45 bits per heavy atom. The van der Waals surface area contributed by atoms with E-state index in [2.05, 4.69) is 17.6 Å². The number of rotatable bonds is 8. The van der Waals surface area contributed by atoms with Crippen LogP contribution >= 0.6 is 46.6 Å². The lowest BCUT2D eigenvalue weighted by Crippen LogP contribution is -2.38. The zero-order valence-electron chi connectivity index (χ0n) is 21.8. The first-order valence-corrected chi connectivity index (χ1v) is 14.6. The molecule has 0 bridgehead atoms. The molecule has 0 saturated carbocycles. The first-order valence-electron chi connectivity index (χ1n) is 12.5. The number of anilines is 2. The van der Waals surface area contributed by atoms with E-state index < -0.39 is 16.0 Å². The molecule has 212 valence electrons. The summed E-state index contributed by atoms with van der Waals surface area (Å²) >= 11 is 18.6. The van der Waals surface area contributed by atoms with E-state index in [0.717, 1.165) is 27.3 Å². The van der Waals surface area contributed by atoms with Crippen LogP contribution in [-0.2, 0) is 25.7 Å². The fraction of sp³-hybridized carbons (Fsp3) is 0.310. The van der Waals surface area contributed by atoms with Crippen molar-refractivity contribution >= 4 is 69.8 Å². The van der Waals surface area contributed by atoms with Gasteiger partial charge in [0, 0.05) is 40.4 Å². The topological polar surface area (TPSA) is 96.9 Å². The number of nitrogens with one attached hydrogen (secondary N) is 2. The first-order chi connectivity index (χ1) is 19.0. The monoisotopic (exact) mass is 622 g/mol. The molecule has 11 heteroatoms. The summed E-state index contributed by atoms with van der Waals surface area (Å²) in [6.07, 6.45) is -1.09. The average molecular weight is 624 g/mol. The van der Waals surface area contributed by atoms with Crippen LogP contribution in [0.1, 0.15) is 42.9 Å². The molecule has 1 fully saturated rings. The maximum Gasteiger partial charge on any atom is 0.276 e. The zero-order valence-corrected chi connectivity index (χ0v) is 24.9. The summed E-state index contributed by atoms with van der Waals surface area (Å²) in [6, 6.07) is 22.4. The Hall–Kier alpha value is -2.30. The minimum atomic E-state index is -2.07. The van der Waals surface area contributed by atoms with Crippen molar-refractivity contribution in [3.8, 4) is 0 Å². The number of aliphatic hydroxyl groups is 1. The van der Waals surface area contributed by atoms with Gasteiger partial charge >= 0.3 is 0 Å². The molecule has 1 aliphatic rings. The summed E-state index contributed by atoms with van der Waals surface area (Å²) in [5.41, 5.74) is 3.79. The van der Waals surface area contributed by atoms with Crippen LogP contribution in [0.3, 0.4) is 0 Å². The van der Waals surface area contributed by atoms with Crippen molar-refractivity contribution in [3.63, 3.8) is 0 Å². The van der Waals surface area contributed by atoms with Crippen LogP contribution in [-0.4, -0.2) is 32.6 Å². The minimum absolute atomic E-state index is 0.0187. The normalized spacial score (nSPS) is 21.1. The number of alkyl halides is 3. The number of amides is 2. The van der Waals surface area contributed by atoms with Crippen LogP contribution in [0.15, 0.2) is 77.7 Å². The number of carbonyl (C=O) groups is 2. The van der Waals surface area contributed by atoms with Gasteiger partial charge in [-0.05, 0) is 47.5 Å². The van der Waals surface area contributed by atoms with Crippen LogP contribution in [0.5, 0.6) is 0 Å². The molecule has 4 atom stereocenters. The van der Waals surface area contributed by atoms with E-state index in [1.807, 2.05) is 48.5 Å². The Bertz CT molecular complexity index is 1300. The third-order valence-corrected chi connectivity index (χ3v) is 8.03. The molecule has 3 aromatic rings. The molecule has 3 aromatic carbocycles. The van der Waals surface area contributed by atoms with E-state index in [4.69, 9.17) is 44.3 Å². The number of hydrogen-bond donors (Lipinski definition) is 3. The highest BCUT2D eigenvalue weighted by Crippen LogP contribution is 2.43. The van der Waals surface area contributed by atoms with Crippen molar-refractivity contribution in [3.05, 3.63) is 89.5 Å². The van der Waals surface area contributed by atoms with Gasteiger partial charge < -0.3 is 25.2 Å². The van der Waals surface area contributed by atoms with Crippen molar-refractivity contribution < 1.29 is 24.2 Å². The van der Waals surface area contributed by atoms with Crippen LogP contribution in [0.2, 0.25) is 0 Å². The quantitative estimate of drug-likeness (QED) is 0.184. The van der Waals surface area contributed by atoms with E-state index in [1.54, 1.807) is 36.0 Å². The molecule has 7 nitrogen and oxygen atoms in total. The summed E-state index contributed by atoms with van der Waals surface area (Å²) in [5, 5.41) is 14.8. The van der Waals surface area contributed by atoms with Gasteiger partial charge in [-0.2, -0.15) is 0 Å². The molecule has 4 unspecified atom stereocenters. The Balaban J connectivity index is 1.52. The summed E-state index contributed by atoms with van der Waals surface area (Å²) in [4.78, 5) is 24.4. The van der Waals surface area contributed by atoms with E-state index in [9.17, 15) is 14.7 Å². The summed E-state index contributed by atoms with van der Waals surface area (Å²) < 4.78 is 10.9. The van der Waals surface area contributed by atoms with Gasteiger partial charge in [-0.3, -0.25) is 9.59 Å². The van der Waals surface area contributed by atoms with Crippen molar-refractivity contribution in [2.45, 2.75) is 47.6 Å². The lowest BCUT2D eigenvalue weighted by molar-refractivity contribution is -0.268. The van der Waals surface area contributed by atoms with Gasteiger partial charge in [0.1, 0.15) is 0 Å². The Morgan fingerprint density at radius 1 is 0.875 bits per heavy atom. The molecule has 1 aliphatic heterocycles. The smallest absolute Gasteiger partial charge is 0.276 e. The van der Waals surface area contributed by atoms with Gasteiger partial charge in [0.25, 0.3) is 9.70 Å². The SMILES string of the molecule is CC(=O)Nc1ccc(SCC2OC(c3ccc(NC(=O)C(Cl)(Cl)Cl)cc3)OC(c3ccc(CO)cc3)C2C)cc1. The molecule has 0 radical (unpaired) electrons. The van der Waals surface area contributed by atoms with Crippen molar-refractivity contribution in [1.82, 2.24) is 0 Å². The highest BCUT2D eigenvalue weighted by atomic mass is 35.6. The number of ether oxygens (including phenoxy) is 2.